The van der Waals surface area contributed by atoms with E-state index in [1.54, 1.807) is 0 Å². The van der Waals surface area contributed by atoms with E-state index in [1.807, 2.05) is 24.3 Å². The predicted molar refractivity (Wildman–Crippen MR) is 81.4 cm³/mol. The Morgan fingerprint density at radius 2 is 1.95 bits per heavy atom. The van der Waals surface area contributed by atoms with Gasteiger partial charge in [-0.3, -0.25) is 4.79 Å². The lowest BCUT2D eigenvalue weighted by molar-refractivity contribution is -0.121. The van der Waals surface area contributed by atoms with Crippen molar-refractivity contribution in [1.29, 1.82) is 0 Å². The normalized spacial score (nSPS) is 22.1. The first-order chi connectivity index (χ1) is 9.72. The van der Waals surface area contributed by atoms with E-state index in [2.05, 4.69) is 23.5 Å². The summed E-state index contributed by atoms with van der Waals surface area (Å²) in [5.41, 5.74) is 6.96. The molecule has 1 amide bonds. The van der Waals surface area contributed by atoms with Gasteiger partial charge in [-0.2, -0.15) is 0 Å². The fourth-order valence-electron chi connectivity index (χ4n) is 3.05. The smallest absolute Gasteiger partial charge is 0.224 e. The third-order valence-electron chi connectivity index (χ3n) is 4.07. The summed E-state index contributed by atoms with van der Waals surface area (Å²) in [6.45, 7) is 0. The summed E-state index contributed by atoms with van der Waals surface area (Å²) >= 11 is 0. The van der Waals surface area contributed by atoms with Crippen molar-refractivity contribution >= 4 is 16.7 Å². The van der Waals surface area contributed by atoms with Crippen LogP contribution in [0.3, 0.4) is 0 Å². The molecule has 0 aromatic heterocycles. The molecule has 1 aliphatic carbocycles. The molecule has 0 spiro atoms. The molecule has 2 aromatic rings. The highest BCUT2D eigenvalue weighted by Gasteiger charge is 2.23. The quantitative estimate of drug-likeness (QED) is 0.898. The number of benzene rings is 2. The second kappa shape index (κ2) is 5.63. The number of hydrogen-bond donors (Lipinski definition) is 2. The van der Waals surface area contributed by atoms with Gasteiger partial charge >= 0.3 is 0 Å². The molecular formula is C17H20N2O. The van der Waals surface area contributed by atoms with Crippen LogP contribution in [-0.4, -0.2) is 18.0 Å². The zero-order valence-corrected chi connectivity index (χ0v) is 11.5. The maximum Gasteiger partial charge on any atom is 0.224 e. The Balaban J connectivity index is 1.71. The highest BCUT2D eigenvalue weighted by atomic mass is 16.1. The summed E-state index contributed by atoms with van der Waals surface area (Å²) < 4.78 is 0. The molecule has 3 N–H and O–H groups in total. The number of carbonyl (C=O) groups is 1. The molecule has 3 nitrogen and oxygen atoms in total. The van der Waals surface area contributed by atoms with Crippen LogP contribution in [0.2, 0.25) is 0 Å². The first kappa shape index (κ1) is 13.1. The fourth-order valence-corrected chi connectivity index (χ4v) is 3.05. The van der Waals surface area contributed by atoms with Crippen LogP contribution in [0.15, 0.2) is 42.5 Å². The summed E-state index contributed by atoms with van der Waals surface area (Å²) in [5.74, 6) is 0.0976. The lowest BCUT2D eigenvalue weighted by Gasteiger charge is -2.13. The molecular weight excluding hydrogens is 248 g/mol. The fraction of sp³-hybridized carbons (Fsp3) is 0.353. The molecule has 3 rings (SSSR count). The first-order valence-electron chi connectivity index (χ1n) is 7.24. The van der Waals surface area contributed by atoms with Crippen LogP contribution in [0.4, 0.5) is 0 Å². The Morgan fingerprint density at radius 3 is 2.75 bits per heavy atom. The van der Waals surface area contributed by atoms with Gasteiger partial charge in [-0.05, 0) is 35.6 Å². The number of nitrogens with two attached hydrogens (primary N) is 1. The molecule has 2 unspecified atom stereocenters. The van der Waals surface area contributed by atoms with Gasteiger partial charge in [0, 0.05) is 12.1 Å². The number of fused-ring (bicyclic) bond motifs is 1. The molecule has 2 aromatic carbocycles. The lowest BCUT2D eigenvalue weighted by Crippen LogP contribution is -2.35. The van der Waals surface area contributed by atoms with Crippen LogP contribution in [0.5, 0.6) is 0 Å². The van der Waals surface area contributed by atoms with Crippen LogP contribution in [0.1, 0.15) is 24.8 Å². The van der Waals surface area contributed by atoms with E-state index in [1.165, 1.54) is 5.39 Å². The van der Waals surface area contributed by atoms with Gasteiger partial charge in [0.1, 0.15) is 0 Å². The van der Waals surface area contributed by atoms with E-state index in [-0.39, 0.29) is 18.0 Å². The van der Waals surface area contributed by atoms with E-state index in [0.29, 0.717) is 6.42 Å². The van der Waals surface area contributed by atoms with Crippen LogP contribution in [0, 0.1) is 0 Å². The highest BCUT2D eigenvalue weighted by molar-refractivity contribution is 5.90. The van der Waals surface area contributed by atoms with Crippen molar-refractivity contribution in [1.82, 2.24) is 5.32 Å². The summed E-state index contributed by atoms with van der Waals surface area (Å²) in [6.07, 6.45) is 3.36. The Kier molecular flexibility index (Phi) is 3.70. The van der Waals surface area contributed by atoms with Crippen LogP contribution < -0.4 is 11.1 Å². The molecule has 2 atom stereocenters. The van der Waals surface area contributed by atoms with Crippen LogP contribution in [0.25, 0.3) is 10.8 Å². The van der Waals surface area contributed by atoms with E-state index in [4.69, 9.17) is 5.73 Å². The largest absolute Gasteiger partial charge is 0.353 e. The van der Waals surface area contributed by atoms with Gasteiger partial charge in [0.05, 0.1) is 6.42 Å². The topological polar surface area (TPSA) is 55.1 Å². The molecule has 104 valence electrons. The third-order valence-corrected chi connectivity index (χ3v) is 4.07. The second-order valence-electron chi connectivity index (χ2n) is 5.65. The summed E-state index contributed by atoms with van der Waals surface area (Å²) in [5, 5.41) is 5.45. The average Bonchev–Trinajstić information content (AvgIpc) is 2.84. The van der Waals surface area contributed by atoms with E-state index in [0.717, 1.165) is 30.2 Å². The number of carbonyl (C=O) groups excluding carboxylic acids is 1. The summed E-state index contributed by atoms with van der Waals surface area (Å²) in [7, 11) is 0. The van der Waals surface area contributed by atoms with Crippen molar-refractivity contribution < 1.29 is 4.79 Å². The minimum absolute atomic E-state index is 0.0976. The van der Waals surface area contributed by atoms with E-state index < -0.39 is 0 Å². The molecule has 1 fully saturated rings. The number of hydrogen-bond acceptors (Lipinski definition) is 2. The van der Waals surface area contributed by atoms with Gasteiger partial charge in [0.2, 0.25) is 5.91 Å². The van der Waals surface area contributed by atoms with Gasteiger partial charge in [0.15, 0.2) is 0 Å². The molecule has 0 radical (unpaired) electrons. The lowest BCUT2D eigenvalue weighted by atomic mass is 10.0. The predicted octanol–water partition coefficient (Wildman–Crippen LogP) is 2.38. The Labute approximate surface area is 119 Å². The molecule has 0 bridgehead atoms. The SMILES string of the molecule is NC1CCC(NC(=O)Cc2cccc3ccccc23)C1. The monoisotopic (exact) mass is 268 g/mol. The molecule has 3 heteroatoms. The third kappa shape index (κ3) is 2.83. The highest BCUT2D eigenvalue weighted by Crippen LogP contribution is 2.20. The van der Waals surface area contributed by atoms with E-state index >= 15 is 0 Å². The maximum atomic E-state index is 12.2. The maximum absolute atomic E-state index is 12.2. The molecule has 0 aliphatic heterocycles. The average molecular weight is 268 g/mol. The van der Waals surface area contributed by atoms with Gasteiger partial charge in [-0.1, -0.05) is 42.5 Å². The summed E-state index contributed by atoms with van der Waals surface area (Å²) in [4.78, 5) is 12.2. The minimum atomic E-state index is 0.0976. The molecule has 0 heterocycles. The molecule has 1 saturated carbocycles. The van der Waals surface area contributed by atoms with Gasteiger partial charge in [0.25, 0.3) is 0 Å². The zero-order valence-electron chi connectivity index (χ0n) is 11.5. The zero-order chi connectivity index (χ0) is 13.9. The van der Waals surface area contributed by atoms with Crippen LogP contribution >= 0.6 is 0 Å². The van der Waals surface area contributed by atoms with Crippen molar-refractivity contribution in [2.45, 2.75) is 37.8 Å². The number of rotatable bonds is 3. The standard InChI is InChI=1S/C17H20N2O/c18-14-8-9-15(11-14)19-17(20)10-13-6-3-5-12-4-1-2-7-16(12)13/h1-7,14-15H,8-11,18H2,(H,19,20). The summed E-state index contributed by atoms with van der Waals surface area (Å²) in [6, 6.07) is 14.8. The van der Waals surface area contributed by atoms with Gasteiger partial charge in [-0.25, -0.2) is 0 Å². The second-order valence-corrected chi connectivity index (χ2v) is 5.65. The van der Waals surface area contributed by atoms with Crippen molar-refractivity contribution in [3.8, 4) is 0 Å². The van der Waals surface area contributed by atoms with Crippen molar-refractivity contribution in [2.24, 2.45) is 5.73 Å². The minimum Gasteiger partial charge on any atom is -0.353 e. The Morgan fingerprint density at radius 1 is 1.15 bits per heavy atom. The van der Waals surface area contributed by atoms with Gasteiger partial charge in [-0.15, -0.1) is 0 Å². The Bertz CT molecular complexity index is 618. The van der Waals surface area contributed by atoms with E-state index in [9.17, 15) is 4.79 Å². The molecule has 0 saturated heterocycles. The van der Waals surface area contributed by atoms with Crippen molar-refractivity contribution in [3.63, 3.8) is 0 Å². The Hall–Kier alpha value is -1.87. The van der Waals surface area contributed by atoms with Crippen LogP contribution in [-0.2, 0) is 11.2 Å². The molecule has 20 heavy (non-hydrogen) atoms. The molecule has 1 aliphatic rings. The van der Waals surface area contributed by atoms with Crippen molar-refractivity contribution in [3.05, 3.63) is 48.0 Å². The van der Waals surface area contributed by atoms with Gasteiger partial charge < -0.3 is 11.1 Å². The first-order valence-corrected chi connectivity index (χ1v) is 7.24. The number of amides is 1. The number of nitrogens with one attached hydrogen (secondary N) is 1. The van der Waals surface area contributed by atoms with Crippen molar-refractivity contribution in [2.75, 3.05) is 0 Å².